The van der Waals surface area contributed by atoms with E-state index in [1.165, 1.54) is 6.07 Å². The molecule has 2 aromatic rings. The Morgan fingerprint density at radius 2 is 1.75 bits per heavy atom. The number of carbonyl (C=O) groups excluding carboxylic acids is 1. The van der Waals surface area contributed by atoms with Crippen LogP contribution in [0.5, 0.6) is 0 Å². The molecule has 2 N–H and O–H groups in total. The van der Waals surface area contributed by atoms with Gasteiger partial charge < -0.3 is 10.4 Å². The fourth-order valence-corrected chi connectivity index (χ4v) is 3.31. The van der Waals surface area contributed by atoms with Gasteiger partial charge in [-0.1, -0.05) is 48.0 Å². The minimum Gasteiger partial charge on any atom is -0.478 e. The molecule has 0 aromatic heterocycles. The van der Waals surface area contributed by atoms with E-state index in [1.54, 1.807) is 18.2 Å². The SMILES string of the molecule is O=C(Cc1ccccc1C(=O)O)NCC1(c2ccccc2Cl)CC1. The molecule has 0 heterocycles. The lowest BCUT2D eigenvalue weighted by Crippen LogP contribution is -2.33. The number of aromatic carboxylic acids is 1. The molecule has 124 valence electrons. The molecule has 0 aliphatic heterocycles. The number of halogens is 1. The first kappa shape index (κ1) is 16.5. The number of hydrogen-bond donors (Lipinski definition) is 2. The van der Waals surface area contributed by atoms with Crippen LogP contribution in [0.25, 0.3) is 0 Å². The van der Waals surface area contributed by atoms with Crippen molar-refractivity contribution in [3.05, 3.63) is 70.2 Å². The number of rotatable bonds is 6. The summed E-state index contributed by atoms with van der Waals surface area (Å²) < 4.78 is 0. The van der Waals surface area contributed by atoms with Crippen LogP contribution in [0.4, 0.5) is 0 Å². The van der Waals surface area contributed by atoms with Crippen LogP contribution in [0.3, 0.4) is 0 Å². The third-order valence-electron chi connectivity index (χ3n) is 4.52. The Morgan fingerprint density at radius 3 is 2.42 bits per heavy atom. The molecule has 3 rings (SSSR count). The number of amides is 1. The fraction of sp³-hybridized carbons (Fsp3) is 0.263. The summed E-state index contributed by atoms with van der Waals surface area (Å²) in [6, 6.07) is 14.3. The molecule has 1 fully saturated rings. The van der Waals surface area contributed by atoms with Crippen LogP contribution in [0, 0.1) is 0 Å². The van der Waals surface area contributed by atoms with Crippen LogP contribution in [0.1, 0.15) is 34.3 Å². The summed E-state index contributed by atoms with van der Waals surface area (Å²) in [6.45, 7) is 0.519. The van der Waals surface area contributed by atoms with Crippen molar-refractivity contribution < 1.29 is 14.7 Å². The smallest absolute Gasteiger partial charge is 0.335 e. The molecule has 0 atom stereocenters. The first-order chi connectivity index (χ1) is 11.5. The normalized spacial score (nSPS) is 14.9. The van der Waals surface area contributed by atoms with Crippen LogP contribution in [0.15, 0.2) is 48.5 Å². The van der Waals surface area contributed by atoms with Gasteiger partial charge in [0.1, 0.15) is 0 Å². The Balaban J connectivity index is 1.65. The molecule has 5 heteroatoms. The van der Waals surface area contributed by atoms with Gasteiger partial charge in [-0.2, -0.15) is 0 Å². The number of benzene rings is 2. The first-order valence-corrected chi connectivity index (χ1v) is 8.22. The maximum Gasteiger partial charge on any atom is 0.335 e. The summed E-state index contributed by atoms with van der Waals surface area (Å²) in [5.41, 5.74) is 1.67. The second-order valence-electron chi connectivity index (χ2n) is 6.18. The molecule has 0 saturated heterocycles. The average Bonchev–Trinajstić information content (AvgIpc) is 3.35. The van der Waals surface area contributed by atoms with E-state index < -0.39 is 5.97 Å². The molecule has 2 aromatic carbocycles. The Kier molecular flexibility index (Phi) is 4.58. The predicted molar refractivity (Wildman–Crippen MR) is 92.5 cm³/mol. The summed E-state index contributed by atoms with van der Waals surface area (Å²) in [7, 11) is 0. The highest BCUT2D eigenvalue weighted by Crippen LogP contribution is 2.49. The van der Waals surface area contributed by atoms with Crippen molar-refractivity contribution in [1.29, 1.82) is 0 Å². The van der Waals surface area contributed by atoms with Gasteiger partial charge >= 0.3 is 5.97 Å². The molecular weight excluding hydrogens is 326 g/mol. The molecule has 24 heavy (non-hydrogen) atoms. The molecule has 1 saturated carbocycles. The maximum atomic E-state index is 12.2. The Hall–Kier alpha value is -2.33. The van der Waals surface area contributed by atoms with Crippen LogP contribution in [-0.4, -0.2) is 23.5 Å². The third-order valence-corrected chi connectivity index (χ3v) is 4.85. The van der Waals surface area contributed by atoms with Crippen LogP contribution < -0.4 is 5.32 Å². The zero-order valence-electron chi connectivity index (χ0n) is 13.1. The van der Waals surface area contributed by atoms with E-state index >= 15 is 0 Å². The van der Waals surface area contributed by atoms with Crippen molar-refractivity contribution in [2.45, 2.75) is 24.7 Å². The highest BCUT2D eigenvalue weighted by atomic mass is 35.5. The van der Waals surface area contributed by atoms with Crippen LogP contribution in [-0.2, 0) is 16.6 Å². The fourth-order valence-electron chi connectivity index (χ4n) is 2.97. The van der Waals surface area contributed by atoms with Gasteiger partial charge in [0.25, 0.3) is 0 Å². The van der Waals surface area contributed by atoms with Crippen molar-refractivity contribution in [2.24, 2.45) is 0 Å². The van der Waals surface area contributed by atoms with Crippen LogP contribution in [0.2, 0.25) is 5.02 Å². The monoisotopic (exact) mass is 343 g/mol. The summed E-state index contributed by atoms with van der Waals surface area (Å²) >= 11 is 6.27. The van der Waals surface area contributed by atoms with Gasteiger partial charge in [0, 0.05) is 17.0 Å². The number of carboxylic acids is 1. The molecule has 0 bridgehead atoms. The Morgan fingerprint density at radius 1 is 1.08 bits per heavy atom. The van der Waals surface area contributed by atoms with Gasteiger partial charge in [0.05, 0.1) is 12.0 Å². The highest BCUT2D eigenvalue weighted by molar-refractivity contribution is 6.31. The van der Waals surface area contributed by atoms with Crippen LogP contribution >= 0.6 is 11.6 Å². The lowest BCUT2D eigenvalue weighted by Gasteiger charge is -2.18. The molecule has 0 radical (unpaired) electrons. The van der Waals surface area contributed by atoms with E-state index in [2.05, 4.69) is 5.32 Å². The van der Waals surface area contributed by atoms with Gasteiger partial charge in [0.15, 0.2) is 0 Å². The number of carboxylic acid groups (broad SMARTS) is 1. The molecule has 1 aliphatic rings. The van der Waals surface area contributed by atoms with Gasteiger partial charge in [-0.05, 0) is 36.1 Å². The maximum absolute atomic E-state index is 12.2. The Labute approximate surface area is 145 Å². The number of carbonyl (C=O) groups is 2. The molecule has 1 amide bonds. The highest BCUT2D eigenvalue weighted by Gasteiger charge is 2.45. The molecule has 0 spiro atoms. The van der Waals surface area contributed by atoms with E-state index in [9.17, 15) is 14.7 Å². The van der Waals surface area contributed by atoms with E-state index in [0.29, 0.717) is 12.1 Å². The second kappa shape index (κ2) is 6.65. The quantitative estimate of drug-likeness (QED) is 0.844. The topological polar surface area (TPSA) is 66.4 Å². The second-order valence-corrected chi connectivity index (χ2v) is 6.58. The van der Waals surface area contributed by atoms with Crippen molar-refractivity contribution >= 4 is 23.5 Å². The molecule has 1 aliphatic carbocycles. The zero-order valence-corrected chi connectivity index (χ0v) is 13.8. The van der Waals surface area contributed by atoms with Gasteiger partial charge in [-0.3, -0.25) is 4.79 Å². The van der Waals surface area contributed by atoms with E-state index in [0.717, 1.165) is 23.4 Å². The lowest BCUT2D eigenvalue weighted by molar-refractivity contribution is -0.120. The van der Waals surface area contributed by atoms with Crippen molar-refractivity contribution in [2.75, 3.05) is 6.54 Å². The zero-order chi connectivity index (χ0) is 17.2. The van der Waals surface area contributed by atoms with Crippen molar-refractivity contribution in [3.63, 3.8) is 0 Å². The average molecular weight is 344 g/mol. The van der Waals surface area contributed by atoms with Crippen molar-refractivity contribution in [1.82, 2.24) is 5.32 Å². The van der Waals surface area contributed by atoms with Gasteiger partial charge in [0.2, 0.25) is 5.91 Å². The van der Waals surface area contributed by atoms with E-state index in [-0.39, 0.29) is 23.3 Å². The molecular formula is C19H18ClNO3. The largest absolute Gasteiger partial charge is 0.478 e. The summed E-state index contributed by atoms with van der Waals surface area (Å²) in [6.07, 6.45) is 2.03. The van der Waals surface area contributed by atoms with Crippen molar-refractivity contribution in [3.8, 4) is 0 Å². The third kappa shape index (κ3) is 3.44. The number of hydrogen-bond acceptors (Lipinski definition) is 2. The summed E-state index contributed by atoms with van der Waals surface area (Å²) in [4.78, 5) is 23.4. The summed E-state index contributed by atoms with van der Waals surface area (Å²) in [5.74, 6) is -1.20. The van der Waals surface area contributed by atoms with E-state index in [4.69, 9.17) is 11.6 Å². The minimum absolute atomic E-state index is 0.0566. The predicted octanol–water partition coefficient (Wildman–Crippen LogP) is 3.43. The lowest BCUT2D eigenvalue weighted by atomic mass is 9.95. The summed E-state index contributed by atoms with van der Waals surface area (Å²) in [5, 5.41) is 12.8. The Bertz CT molecular complexity index is 784. The van der Waals surface area contributed by atoms with Gasteiger partial charge in [-0.15, -0.1) is 0 Å². The number of nitrogens with one attached hydrogen (secondary N) is 1. The molecule has 4 nitrogen and oxygen atoms in total. The van der Waals surface area contributed by atoms with Gasteiger partial charge in [-0.25, -0.2) is 4.79 Å². The first-order valence-electron chi connectivity index (χ1n) is 7.85. The molecule has 0 unspecified atom stereocenters. The van der Waals surface area contributed by atoms with E-state index in [1.807, 2.05) is 24.3 Å². The standard InChI is InChI=1S/C19H18ClNO3/c20-16-8-4-3-7-15(16)19(9-10-19)12-21-17(22)11-13-5-1-2-6-14(13)18(23)24/h1-8H,9-12H2,(H,21,22)(H,23,24). The minimum atomic E-state index is -1.02.